The normalized spacial score (nSPS) is 15.8. The molecule has 6 N–H and O–H groups in total. The van der Waals surface area contributed by atoms with Gasteiger partial charge in [-0.1, -0.05) is 115 Å². The number of hydrogen-bond acceptors (Lipinski definition) is 20. The van der Waals surface area contributed by atoms with Gasteiger partial charge < -0.3 is 59.4 Å². The van der Waals surface area contributed by atoms with Crippen molar-refractivity contribution in [2.45, 2.75) is 153 Å². The van der Waals surface area contributed by atoms with Crippen molar-refractivity contribution in [3.63, 3.8) is 0 Å². The Kier molecular flexibility index (Phi) is 32.2. The molecule has 4 saturated heterocycles. The number of nitrogens with zero attached hydrogens (tertiary/aromatic N) is 8. The number of nitrogens with one attached hydrogen (secondary N) is 4. The molecule has 29 heteroatoms. The first-order valence-corrected chi connectivity index (χ1v) is 55.5. The van der Waals surface area contributed by atoms with Crippen molar-refractivity contribution in [1.82, 2.24) is 18.9 Å². The summed E-state index contributed by atoms with van der Waals surface area (Å²) in [5.74, 6) is 1.72. The lowest BCUT2D eigenvalue weighted by Gasteiger charge is -2.37. The van der Waals surface area contributed by atoms with Gasteiger partial charge >= 0.3 is 0 Å². The number of piperazine rings is 2. The predicted molar refractivity (Wildman–Crippen MR) is 555 cm³/mol. The molecule has 2 atom stereocenters. The van der Waals surface area contributed by atoms with E-state index in [0.29, 0.717) is 44.0 Å². The van der Waals surface area contributed by atoms with Gasteiger partial charge in [0, 0.05) is 223 Å². The smallest absolute Gasteiger partial charge is 0.261 e. The maximum atomic E-state index is 13.7. The van der Waals surface area contributed by atoms with E-state index in [9.17, 15) is 43.9 Å². The van der Waals surface area contributed by atoms with Gasteiger partial charge in [-0.15, -0.1) is 23.5 Å². The Morgan fingerprint density at radius 1 is 0.403 bits per heavy atom. The van der Waals surface area contributed by atoms with Gasteiger partial charge in [-0.05, 0) is 266 Å². The number of aromatic nitrogens is 2. The molecule has 0 unspecified atom stereocenters. The second-order valence-electron chi connectivity index (χ2n) is 35.9. The third-order valence-electron chi connectivity index (χ3n) is 26.0. The fraction of sp³-hybridized carbons (Fsp3) is 0.352. The maximum Gasteiger partial charge on any atom is 0.261 e. The summed E-state index contributed by atoms with van der Waals surface area (Å²) < 4.78 is 118. The monoisotopic (exact) mass is 1940 g/mol. The highest BCUT2D eigenvalue weighted by atomic mass is 35.5. The van der Waals surface area contributed by atoms with Crippen molar-refractivity contribution in [2.75, 3.05) is 155 Å². The summed E-state index contributed by atoms with van der Waals surface area (Å²) in [5, 5.41) is 28.0. The van der Waals surface area contributed by atoms with Gasteiger partial charge in [0.05, 0.1) is 43.2 Å². The molecule has 0 spiro atoms. The average Bonchev–Trinajstić information content (AvgIpc) is 1.59. The summed E-state index contributed by atoms with van der Waals surface area (Å²) in [6, 6.07) is 80.7. The van der Waals surface area contributed by atoms with Gasteiger partial charge in [0.25, 0.3) is 20.0 Å². The van der Waals surface area contributed by atoms with Crippen molar-refractivity contribution < 1.29 is 43.9 Å². The van der Waals surface area contributed by atoms with Crippen molar-refractivity contribution in [3.05, 3.63) is 276 Å². The zero-order valence-electron chi connectivity index (χ0n) is 77.9. The molecule has 4 fully saturated rings. The average molecular weight is 1940 g/mol. The Labute approximate surface area is 806 Å². The molecule has 708 valence electrons. The first-order valence-electron chi connectivity index (χ1n) is 46.4. The quantitative estimate of drug-likeness (QED) is 0.0205. The number of piperidine rings is 2. The molecular weight excluding hydrogens is 1820 g/mol. The van der Waals surface area contributed by atoms with E-state index in [1.54, 1.807) is 24.3 Å². The highest BCUT2D eigenvalue weighted by molar-refractivity contribution is 7.99. The minimum Gasteiger partial charge on any atom is -0.393 e. The SMILES string of the molecule is CCn1c(C)c(S(C)(=O)=O)c(-c2cccc(N3CCN(c4ccc(NS(=O)(=O)c5ccc(N[C@H](CCN6CCC(O)CC6)CSc6ccccc6)c(C)c5)cc4)CC3)c2)c1-c1ccccc1.Cc1cc(S(=O)(=O)Nc2ccc(N3CCN(c4cccc(-c5c(S(C)(=O)=O)c(C)n(C(C)C)c5-c5ccc(Cl)cc5)c4)CC3)cc2)ccc1N[C@H](CCN1CCC(O)CC1)CSc1ccccc1. The number of halogens is 1. The zero-order valence-corrected chi connectivity index (χ0v) is 83.5. The second-order valence-corrected chi connectivity index (χ2v) is 45.8. The molecule has 0 radical (unpaired) electrons. The summed E-state index contributed by atoms with van der Waals surface area (Å²) in [6.07, 6.45) is 7.27. The first-order chi connectivity index (χ1) is 64.3. The number of aryl methyl sites for hydroxylation is 2. The third-order valence-corrected chi connectivity index (χ3v) is 33.8. The summed E-state index contributed by atoms with van der Waals surface area (Å²) >= 11 is 9.91. The molecular formula is C105H125ClN12O10S6. The van der Waals surface area contributed by atoms with E-state index >= 15 is 0 Å². The number of thioether (sulfide) groups is 2. The van der Waals surface area contributed by atoms with Gasteiger partial charge in [-0.25, -0.2) is 33.7 Å². The Balaban J connectivity index is 0.000000204. The fourth-order valence-corrected chi connectivity index (χ4v) is 25.7. The number of sulfone groups is 2. The van der Waals surface area contributed by atoms with Gasteiger partial charge in [-0.2, -0.15) is 0 Å². The minimum atomic E-state index is -3.86. The lowest BCUT2D eigenvalue weighted by molar-refractivity contribution is 0.0815. The van der Waals surface area contributed by atoms with E-state index < -0.39 is 39.7 Å². The molecule has 22 nitrogen and oxygen atoms in total. The minimum absolute atomic E-state index is 0.0113. The second kappa shape index (κ2) is 43.9. The molecule has 2 aromatic heterocycles. The largest absolute Gasteiger partial charge is 0.393 e. The van der Waals surface area contributed by atoms with Crippen LogP contribution in [0.5, 0.6) is 0 Å². The van der Waals surface area contributed by atoms with Crippen molar-refractivity contribution in [2.24, 2.45) is 0 Å². The molecule has 0 bridgehead atoms. The highest BCUT2D eigenvalue weighted by Gasteiger charge is 2.34. The predicted octanol–water partition coefficient (Wildman–Crippen LogP) is 20.0. The van der Waals surface area contributed by atoms with Crippen LogP contribution in [0.25, 0.3) is 44.8 Å². The molecule has 4 aliphatic heterocycles. The van der Waals surface area contributed by atoms with Crippen LogP contribution >= 0.6 is 35.1 Å². The Bertz CT molecular complexity index is 6490. The van der Waals surface area contributed by atoms with Crippen molar-refractivity contribution >= 4 is 120 Å². The summed E-state index contributed by atoms with van der Waals surface area (Å²) in [6.45, 7) is 26.0. The van der Waals surface area contributed by atoms with Crippen molar-refractivity contribution in [3.8, 4) is 44.8 Å². The number of likely N-dealkylation sites (tertiary alicyclic amines) is 2. The van der Waals surface area contributed by atoms with E-state index in [-0.39, 0.29) is 40.1 Å². The maximum absolute atomic E-state index is 13.7. The Hall–Kier alpha value is -10.2. The van der Waals surface area contributed by atoms with Crippen LogP contribution in [0.1, 0.15) is 87.9 Å². The van der Waals surface area contributed by atoms with E-state index in [2.05, 4.69) is 145 Å². The number of hydrogen-bond donors (Lipinski definition) is 6. The summed E-state index contributed by atoms with van der Waals surface area (Å²) in [7, 11) is -14.9. The van der Waals surface area contributed by atoms with Crippen LogP contribution in [0, 0.1) is 27.7 Å². The zero-order chi connectivity index (χ0) is 94.6. The van der Waals surface area contributed by atoms with Gasteiger partial charge in [-0.3, -0.25) is 9.44 Å². The van der Waals surface area contributed by atoms with Gasteiger partial charge in [0.15, 0.2) is 19.7 Å². The van der Waals surface area contributed by atoms with Crippen LogP contribution in [0.2, 0.25) is 5.02 Å². The molecule has 134 heavy (non-hydrogen) atoms. The first kappa shape index (κ1) is 98.3. The summed E-state index contributed by atoms with van der Waals surface area (Å²) in [4.78, 5) is 17.6. The fourth-order valence-electron chi connectivity index (χ4n) is 18.9. The molecule has 16 rings (SSSR count). The number of anilines is 8. The van der Waals surface area contributed by atoms with Crippen LogP contribution in [0.15, 0.2) is 278 Å². The molecule has 0 amide bonds. The lowest BCUT2D eigenvalue weighted by atomic mass is 10.00. The standard InChI is InChI=1S/C53H63ClN6O5S3.C52H62N6O5S3/c1-37(2)60-39(4)53(67(5,62)63)51(52(60)40-14-16-42(54)17-15-40)41-10-9-11-46(35-41)59-32-30-58(31-33-59)45-20-18-43(19-21-45)56-68(64,65)49-22-23-50(38(3)34-49)55-44(36-66-48-12-7-6-8-13-48)24-27-57-28-25-47(61)26-29-57;1-5-58-39(3)52(65(4,60)61)50(51(58)40-13-8-6-9-14-40)41-15-12-16-45(36-41)57-33-31-56(32-34-57)44-21-19-42(20-22-44)54-66(62,63)48-23-24-49(38(2)35-48)53-43(37-64-47-17-10-7-11-18-47)25-28-55-29-26-46(59)27-30-55/h6-23,34-35,37,44,47,55-56,61H,24-33,36H2,1-5H3;6-24,35-36,43,46,53-54,59H,5,25-34,37H2,1-4H3/t44-;43-/m11/s1. The van der Waals surface area contributed by atoms with E-state index in [4.69, 9.17) is 11.6 Å². The molecule has 12 aromatic rings. The van der Waals surface area contributed by atoms with E-state index in [0.717, 1.165) is 232 Å². The molecule has 0 saturated carbocycles. The molecule has 10 aromatic carbocycles. The van der Waals surface area contributed by atoms with Crippen LogP contribution in [0.3, 0.4) is 0 Å². The molecule has 4 aliphatic rings. The van der Waals surface area contributed by atoms with Crippen molar-refractivity contribution in [1.29, 1.82) is 0 Å². The summed E-state index contributed by atoms with van der Waals surface area (Å²) in [5.41, 5.74) is 16.8. The third kappa shape index (κ3) is 24.4. The number of aliphatic hydroxyl groups is 2. The number of rotatable bonds is 34. The number of sulfonamides is 2. The number of aliphatic hydroxyl groups excluding tert-OH is 2. The highest BCUT2D eigenvalue weighted by Crippen LogP contribution is 2.47. The van der Waals surface area contributed by atoms with Crippen LogP contribution in [-0.4, -0.2) is 203 Å². The van der Waals surface area contributed by atoms with Gasteiger partial charge in [0.2, 0.25) is 0 Å². The molecule has 0 aliphatic carbocycles. The topological polar surface area (TPSA) is 254 Å². The van der Waals surface area contributed by atoms with E-state index in [1.807, 2.05) is 210 Å². The molecule has 6 heterocycles. The van der Waals surface area contributed by atoms with E-state index in [1.165, 1.54) is 22.3 Å². The van der Waals surface area contributed by atoms with Crippen LogP contribution in [0.4, 0.5) is 45.5 Å². The Morgan fingerprint density at radius 2 is 0.769 bits per heavy atom. The lowest BCUT2D eigenvalue weighted by Crippen LogP contribution is -2.46. The van der Waals surface area contributed by atoms with Gasteiger partial charge in [0.1, 0.15) is 0 Å². The van der Waals surface area contributed by atoms with Crippen LogP contribution < -0.4 is 39.7 Å². The van der Waals surface area contributed by atoms with Crippen LogP contribution in [-0.2, 0) is 46.3 Å². The number of benzene rings is 10. The Morgan fingerprint density at radius 3 is 1.15 bits per heavy atom.